The number of hydrogen-bond acceptors (Lipinski definition) is 12. The zero-order chi connectivity index (χ0) is 36.5. The van der Waals surface area contributed by atoms with Crippen LogP contribution in [0.25, 0.3) is 22.2 Å². The smallest absolute Gasteiger partial charge is 0.251 e. The zero-order valence-electron chi connectivity index (χ0n) is 29.0. The maximum atomic E-state index is 13.3. The maximum Gasteiger partial charge on any atom is 0.251 e. The van der Waals surface area contributed by atoms with Crippen molar-refractivity contribution >= 4 is 57.5 Å². The van der Waals surface area contributed by atoms with E-state index in [-0.39, 0.29) is 30.2 Å². The second kappa shape index (κ2) is 14.8. The van der Waals surface area contributed by atoms with Gasteiger partial charge in [0.15, 0.2) is 17.0 Å². The molecule has 8 rings (SSSR count). The van der Waals surface area contributed by atoms with Crippen molar-refractivity contribution in [1.29, 1.82) is 0 Å². The van der Waals surface area contributed by atoms with E-state index in [1.165, 1.54) is 0 Å². The number of aliphatic hydroxyl groups excluding tert-OH is 2. The van der Waals surface area contributed by atoms with Crippen molar-refractivity contribution in [2.24, 2.45) is 0 Å². The molecule has 1 saturated carbocycles. The monoisotopic (exact) mass is 732 g/mol. The van der Waals surface area contributed by atoms with Crippen LogP contribution in [0.2, 0.25) is 0 Å². The van der Waals surface area contributed by atoms with Gasteiger partial charge in [0.25, 0.3) is 5.91 Å². The molecule has 6 aromatic rings. The summed E-state index contributed by atoms with van der Waals surface area (Å²) in [7, 11) is 0. The number of amides is 2. The molecule has 5 N–H and O–H groups in total. The maximum absolute atomic E-state index is 13.3. The summed E-state index contributed by atoms with van der Waals surface area (Å²) in [4.78, 5) is 42.3. The Morgan fingerprint density at radius 3 is 2.40 bits per heavy atom. The normalized spacial score (nSPS) is 21.4. The Kier molecular flexibility index (Phi) is 9.69. The molecule has 53 heavy (non-hydrogen) atoms. The van der Waals surface area contributed by atoms with Crippen LogP contribution in [-0.4, -0.2) is 94.2 Å². The van der Waals surface area contributed by atoms with E-state index in [9.17, 15) is 19.8 Å². The van der Waals surface area contributed by atoms with E-state index in [0.29, 0.717) is 66.5 Å². The van der Waals surface area contributed by atoms with Crippen molar-refractivity contribution in [3.8, 4) is 0 Å². The van der Waals surface area contributed by atoms with Crippen molar-refractivity contribution in [3.63, 3.8) is 0 Å². The van der Waals surface area contributed by atoms with Gasteiger partial charge in [-0.25, -0.2) is 4.98 Å². The summed E-state index contributed by atoms with van der Waals surface area (Å²) in [6.45, 7) is 3.35. The van der Waals surface area contributed by atoms with Crippen LogP contribution >= 0.6 is 11.7 Å². The van der Waals surface area contributed by atoms with Crippen LogP contribution in [0.1, 0.15) is 59.6 Å². The summed E-state index contributed by atoms with van der Waals surface area (Å²) in [5.41, 5.74) is 5.28. The Morgan fingerprint density at radius 1 is 0.925 bits per heavy atom. The molecule has 15 heteroatoms. The van der Waals surface area contributed by atoms with Crippen LogP contribution in [0.3, 0.4) is 0 Å². The Labute approximate surface area is 309 Å². The number of hydrogen-bond donors (Lipinski definition) is 5. The van der Waals surface area contributed by atoms with Gasteiger partial charge in [-0.1, -0.05) is 67.6 Å². The van der Waals surface area contributed by atoms with Crippen LogP contribution < -0.4 is 20.9 Å². The number of carbonyl (C=O) groups excluding carboxylic acids is 2. The van der Waals surface area contributed by atoms with Crippen LogP contribution in [0.4, 0.5) is 11.8 Å². The van der Waals surface area contributed by atoms with Crippen molar-refractivity contribution in [3.05, 3.63) is 102 Å². The number of anilines is 2. The van der Waals surface area contributed by atoms with Crippen LogP contribution in [-0.2, 0) is 4.79 Å². The SMILES string of the molecule is CCC(=O)N[C@H]1C[C@@H](n2cnc3c(NCC(c4ccccc4)c4ccccc4)nc(N4CC[C@@H](NC(=O)c5ccc6nsnc6c5)C4)nc32)[C@H](O)[C@@H]1O. The number of carbonyl (C=O) groups is 2. The molecular weight excluding hydrogens is 693 g/mol. The van der Waals surface area contributed by atoms with Gasteiger partial charge >= 0.3 is 0 Å². The lowest BCUT2D eigenvalue weighted by molar-refractivity contribution is -0.122. The first kappa shape index (κ1) is 34.6. The minimum atomic E-state index is -1.16. The minimum Gasteiger partial charge on any atom is -0.388 e. The summed E-state index contributed by atoms with van der Waals surface area (Å²) >= 11 is 1.11. The van der Waals surface area contributed by atoms with Crippen LogP contribution in [0, 0.1) is 0 Å². The molecule has 0 bridgehead atoms. The third-order valence-electron chi connectivity index (χ3n) is 10.3. The standard InChI is InChI=1S/C38H40N10O4S/c1-2-31(49)42-29-18-30(34(51)33(29)50)48-21-40-32-35(39-19-26(22-9-5-3-6-10-22)23-11-7-4-8-12-23)43-38(44-36(32)48)47-16-15-25(20-47)41-37(52)24-13-14-27-28(17-24)46-53-45-27/h3-14,17,21,25-26,29-30,33-34,50-51H,2,15-16,18-20H2,1H3,(H,41,52)(H,42,49)(H,39,43,44)/t25-,29+,30-,33-,34+/m1/s1. The minimum absolute atomic E-state index is 0.00773. The van der Waals surface area contributed by atoms with Crippen LogP contribution in [0.15, 0.2) is 85.2 Å². The fourth-order valence-corrected chi connectivity index (χ4v) is 7.92. The number of aromatic nitrogens is 6. The Balaban J connectivity index is 1.10. The second-order valence-electron chi connectivity index (χ2n) is 13.6. The molecule has 5 atom stereocenters. The molecular formula is C38H40N10O4S. The van der Waals surface area contributed by atoms with Gasteiger partial charge < -0.3 is 35.6 Å². The molecule has 1 aliphatic heterocycles. The van der Waals surface area contributed by atoms with Crippen molar-refractivity contribution < 1.29 is 19.8 Å². The highest BCUT2D eigenvalue weighted by atomic mass is 32.1. The third-order valence-corrected chi connectivity index (χ3v) is 10.8. The zero-order valence-corrected chi connectivity index (χ0v) is 29.9. The lowest BCUT2D eigenvalue weighted by atomic mass is 9.91. The average Bonchev–Trinajstić information content (AvgIpc) is 4.00. The van der Waals surface area contributed by atoms with Gasteiger partial charge in [-0.3, -0.25) is 9.59 Å². The van der Waals surface area contributed by atoms with Gasteiger partial charge in [0.1, 0.15) is 23.2 Å². The molecule has 2 amide bonds. The topological polar surface area (TPSA) is 183 Å². The van der Waals surface area contributed by atoms with Crippen molar-refractivity contribution in [2.45, 2.75) is 62.4 Å². The molecule has 14 nitrogen and oxygen atoms in total. The molecule has 0 radical (unpaired) electrons. The molecule has 2 fully saturated rings. The molecule has 2 aliphatic rings. The number of fused-ring (bicyclic) bond motifs is 2. The molecule has 0 unspecified atom stereocenters. The fourth-order valence-electron chi connectivity index (χ4n) is 7.40. The summed E-state index contributed by atoms with van der Waals surface area (Å²) in [5, 5.41) is 31.7. The van der Waals surface area contributed by atoms with E-state index >= 15 is 0 Å². The van der Waals surface area contributed by atoms with Gasteiger partial charge in [0, 0.05) is 43.6 Å². The Morgan fingerprint density at radius 2 is 1.66 bits per heavy atom. The van der Waals surface area contributed by atoms with Gasteiger partial charge in [-0.2, -0.15) is 18.7 Å². The summed E-state index contributed by atoms with van der Waals surface area (Å²) in [5.74, 6) is 0.606. The molecule has 4 heterocycles. The molecule has 3 aromatic heterocycles. The Hall–Kier alpha value is -5.51. The van der Waals surface area contributed by atoms with E-state index in [0.717, 1.165) is 28.4 Å². The quantitative estimate of drug-likeness (QED) is 0.131. The number of imidazole rings is 1. The van der Waals surface area contributed by atoms with E-state index in [4.69, 9.17) is 15.0 Å². The molecule has 1 aliphatic carbocycles. The Bertz CT molecular complexity index is 2190. The van der Waals surface area contributed by atoms with Crippen molar-refractivity contribution in [2.75, 3.05) is 29.9 Å². The molecule has 3 aromatic carbocycles. The molecule has 1 saturated heterocycles. The number of aliphatic hydroxyl groups is 2. The largest absolute Gasteiger partial charge is 0.388 e. The number of nitrogens with one attached hydrogen (secondary N) is 3. The lowest BCUT2D eigenvalue weighted by Crippen LogP contribution is -2.42. The highest BCUT2D eigenvalue weighted by Gasteiger charge is 2.44. The van der Waals surface area contributed by atoms with E-state index < -0.39 is 24.3 Å². The molecule has 0 spiro atoms. The highest BCUT2D eigenvalue weighted by molar-refractivity contribution is 7.00. The predicted octanol–water partition coefficient (Wildman–Crippen LogP) is 3.65. The first-order valence-corrected chi connectivity index (χ1v) is 18.6. The summed E-state index contributed by atoms with van der Waals surface area (Å²) < 4.78 is 10.3. The fraction of sp³-hybridized carbons (Fsp3) is 0.342. The van der Waals surface area contributed by atoms with Crippen molar-refractivity contribution in [1.82, 2.24) is 38.9 Å². The first-order chi connectivity index (χ1) is 25.9. The highest BCUT2D eigenvalue weighted by Crippen LogP contribution is 2.35. The third kappa shape index (κ3) is 7.02. The van der Waals surface area contributed by atoms with Gasteiger partial charge in [-0.05, 0) is 42.2 Å². The summed E-state index contributed by atoms with van der Waals surface area (Å²) in [6.07, 6.45) is 0.562. The average molecular weight is 733 g/mol. The van der Waals surface area contributed by atoms with Gasteiger partial charge in [-0.15, -0.1) is 0 Å². The van der Waals surface area contributed by atoms with E-state index in [1.54, 1.807) is 36.0 Å². The van der Waals surface area contributed by atoms with E-state index in [2.05, 4.69) is 49.0 Å². The lowest BCUT2D eigenvalue weighted by Gasteiger charge is -2.22. The van der Waals surface area contributed by atoms with Gasteiger partial charge in [0.2, 0.25) is 11.9 Å². The van der Waals surface area contributed by atoms with Crippen LogP contribution in [0.5, 0.6) is 0 Å². The number of benzene rings is 3. The number of rotatable bonds is 11. The summed E-state index contributed by atoms with van der Waals surface area (Å²) in [6, 6.07) is 24.5. The molecule has 272 valence electrons. The number of nitrogens with zero attached hydrogens (tertiary/aromatic N) is 7. The van der Waals surface area contributed by atoms with E-state index in [1.807, 2.05) is 41.3 Å². The first-order valence-electron chi connectivity index (χ1n) is 17.9. The second-order valence-corrected chi connectivity index (χ2v) is 14.2. The predicted molar refractivity (Wildman–Crippen MR) is 202 cm³/mol. The van der Waals surface area contributed by atoms with Gasteiger partial charge in [0.05, 0.1) is 30.1 Å².